The van der Waals surface area contributed by atoms with Crippen LogP contribution in [0.3, 0.4) is 0 Å². The van der Waals surface area contributed by atoms with Crippen molar-refractivity contribution in [2.75, 3.05) is 32.7 Å². The van der Waals surface area contributed by atoms with Crippen LogP contribution in [0.15, 0.2) is 0 Å². The van der Waals surface area contributed by atoms with Crippen LogP contribution in [0.1, 0.15) is 56.0 Å². The third-order valence-corrected chi connectivity index (χ3v) is 4.53. The summed E-state index contributed by atoms with van der Waals surface area (Å²) in [7, 11) is 0. The van der Waals surface area contributed by atoms with E-state index in [9.17, 15) is 4.79 Å². The summed E-state index contributed by atoms with van der Waals surface area (Å²) >= 11 is 0. The fourth-order valence-corrected chi connectivity index (χ4v) is 3.32. The number of rotatable bonds is 2. The van der Waals surface area contributed by atoms with Gasteiger partial charge in [-0.05, 0) is 47.8 Å². The number of nitrogens with zero attached hydrogens (tertiary/aromatic N) is 3. The lowest BCUT2D eigenvalue weighted by molar-refractivity contribution is 0.0170. The highest BCUT2D eigenvalue weighted by atomic mass is 16.6. The average Bonchev–Trinajstić information content (AvgIpc) is 2.85. The molecule has 0 aromatic carbocycles. The Morgan fingerprint density at radius 1 is 1.18 bits per heavy atom. The summed E-state index contributed by atoms with van der Waals surface area (Å²) in [4.78, 5) is 18.0. The molecule has 128 valence electrons. The topological polar surface area (TPSA) is 36.0 Å². The van der Waals surface area contributed by atoms with Crippen LogP contribution in [0.4, 0.5) is 4.79 Å². The van der Waals surface area contributed by atoms with Crippen molar-refractivity contribution in [3.63, 3.8) is 0 Å². The lowest BCUT2D eigenvalue weighted by Gasteiger charge is -2.41. The number of likely N-dealkylation sites (tertiary alicyclic amines) is 1. The van der Waals surface area contributed by atoms with Crippen molar-refractivity contribution in [3.05, 3.63) is 0 Å². The summed E-state index contributed by atoms with van der Waals surface area (Å²) in [6, 6.07) is -1.29. The summed E-state index contributed by atoms with van der Waals surface area (Å²) in [5.74, 6) is 0. The van der Waals surface area contributed by atoms with E-state index >= 15 is 0 Å². The standard InChI is InChI=1S/C17H33N3O2/c1-13(2)18-9-11-19(12-10-18)15-7-8-20(14(15)3)16(21)22-17(4,5)6/h13-15H,7-12H2,1-6H3/t14-,15-/m0/s1/i1D3,2D3. The van der Waals surface area contributed by atoms with Gasteiger partial charge in [0.1, 0.15) is 5.60 Å². The Hall–Kier alpha value is -0.810. The molecule has 0 N–H and O–H groups in total. The van der Waals surface area contributed by atoms with Crippen LogP contribution in [-0.2, 0) is 4.74 Å². The smallest absolute Gasteiger partial charge is 0.410 e. The van der Waals surface area contributed by atoms with Gasteiger partial charge >= 0.3 is 6.09 Å². The summed E-state index contributed by atoms with van der Waals surface area (Å²) in [5.41, 5.74) is -0.542. The first-order valence-electron chi connectivity index (χ1n) is 11.1. The predicted molar refractivity (Wildman–Crippen MR) is 89.1 cm³/mol. The molecule has 0 aliphatic carbocycles. The molecule has 2 fully saturated rings. The van der Waals surface area contributed by atoms with Gasteiger partial charge in [0, 0.05) is 59.1 Å². The fourth-order valence-electron chi connectivity index (χ4n) is 3.32. The van der Waals surface area contributed by atoms with E-state index in [-0.39, 0.29) is 18.2 Å². The van der Waals surface area contributed by atoms with Gasteiger partial charge in [-0.15, -0.1) is 0 Å². The largest absolute Gasteiger partial charge is 0.444 e. The minimum Gasteiger partial charge on any atom is -0.444 e. The zero-order valence-corrected chi connectivity index (χ0v) is 14.1. The van der Waals surface area contributed by atoms with E-state index in [0.29, 0.717) is 32.7 Å². The second kappa shape index (κ2) is 6.75. The maximum absolute atomic E-state index is 12.4. The molecule has 5 nitrogen and oxygen atoms in total. The molecule has 2 atom stereocenters. The van der Waals surface area contributed by atoms with Gasteiger partial charge in [0.05, 0.1) is 0 Å². The lowest BCUT2D eigenvalue weighted by atomic mass is 10.1. The van der Waals surface area contributed by atoms with Gasteiger partial charge in [-0.3, -0.25) is 9.80 Å². The summed E-state index contributed by atoms with van der Waals surface area (Å²) < 4.78 is 51.3. The van der Waals surface area contributed by atoms with E-state index in [1.54, 1.807) is 9.80 Å². The lowest BCUT2D eigenvalue weighted by Crippen LogP contribution is -2.55. The molecule has 5 heteroatoms. The van der Waals surface area contributed by atoms with Gasteiger partial charge < -0.3 is 9.64 Å². The Labute approximate surface area is 144 Å². The van der Waals surface area contributed by atoms with Gasteiger partial charge in [0.25, 0.3) is 0 Å². The molecule has 22 heavy (non-hydrogen) atoms. The second-order valence-corrected chi connectivity index (χ2v) is 7.24. The fraction of sp³-hybridized carbons (Fsp3) is 0.941. The van der Waals surface area contributed by atoms with Gasteiger partial charge in [-0.1, -0.05) is 0 Å². The molecule has 0 radical (unpaired) electrons. The van der Waals surface area contributed by atoms with Crippen molar-refractivity contribution in [3.8, 4) is 0 Å². The van der Waals surface area contributed by atoms with Gasteiger partial charge in [0.15, 0.2) is 0 Å². The Morgan fingerprint density at radius 2 is 1.82 bits per heavy atom. The monoisotopic (exact) mass is 317 g/mol. The van der Waals surface area contributed by atoms with E-state index < -0.39 is 25.3 Å². The molecule has 0 aromatic heterocycles. The number of hydrogen-bond acceptors (Lipinski definition) is 4. The molecule has 2 heterocycles. The van der Waals surface area contributed by atoms with Crippen LogP contribution in [0.25, 0.3) is 0 Å². The molecule has 0 bridgehead atoms. The van der Waals surface area contributed by atoms with Crippen LogP contribution in [0.5, 0.6) is 0 Å². The third-order valence-electron chi connectivity index (χ3n) is 4.53. The minimum atomic E-state index is -2.55. The van der Waals surface area contributed by atoms with E-state index in [2.05, 4.69) is 4.90 Å². The number of hydrogen-bond donors (Lipinski definition) is 0. The van der Waals surface area contributed by atoms with Crippen molar-refractivity contribution in [2.24, 2.45) is 0 Å². The summed E-state index contributed by atoms with van der Waals surface area (Å²) in [6.45, 7) is 4.98. The van der Waals surface area contributed by atoms with Crippen LogP contribution in [-0.4, -0.2) is 77.2 Å². The number of ether oxygens (including phenoxy) is 1. The quantitative estimate of drug-likeness (QED) is 0.783. The SMILES string of the molecule is [2H]C([2H])([2H])C(N1CCN([C@H]2CCN(C(=O)OC(C)(C)C)[C@H]2C)CC1)C([2H])([2H])[2H]. The first-order valence-corrected chi connectivity index (χ1v) is 8.09. The van der Waals surface area contributed by atoms with Gasteiger partial charge in [-0.2, -0.15) is 0 Å². The molecule has 2 aliphatic heterocycles. The number of piperazine rings is 1. The first-order chi connectivity index (χ1) is 12.6. The molecular weight excluding hydrogens is 278 g/mol. The maximum atomic E-state index is 12.4. The van der Waals surface area contributed by atoms with Crippen molar-refractivity contribution >= 4 is 6.09 Å². The molecule has 2 saturated heterocycles. The van der Waals surface area contributed by atoms with E-state index in [0.717, 1.165) is 6.42 Å². The molecule has 2 aliphatic rings. The number of carbonyl (C=O) groups excluding carboxylic acids is 1. The Balaban J connectivity index is 1.97. The predicted octanol–water partition coefficient (Wildman–Crippen LogP) is 2.41. The van der Waals surface area contributed by atoms with Gasteiger partial charge in [0.2, 0.25) is 0 Å². The number of amides is 1. The Bertz CT molecular complexity index is 539. The highest BCUT2D eigenvalue weighted by molar-refractivity contribution is 5.69. The third kappa shape index (κ3) is 4.13. The Kier molecular flexibility index (Phi) is 3.33. The minimum absolute atomic E-state index is 0.0116. The second-order valence-electron chi connectivity index (χ2n) is 7.24. The van der Waals surface area contributed by atoms with E-state index in [4.69, 9.17) is 13.0 Å². The molecule has 0 saturated carbocycles. The molecule has 0 unspecified atom stereocenters. The van der Waals surface area contributed by atoms with Crippen molar-refractivity contribution in [1.29, 1.82) is 0 Å². The average molecular weight is 318 g/mol. The maximum Gasteiger partial charge on any atom is 0.410 e. The van der Waals surface area contributed by atoms with Crippen molar-refractivity contribution < 1.29 is 17.8 Å². The molecular formula is C17H33N3O2. The van der Waals surface area contributed by atoms with Crippen LogP contribution in [0.2, 0.25) is 0 Å². The zero-order valence-electron chi connectivity index (χ0n) is 20.1. The van der Waals surface area contributed by atoms with E-state index in [1.165, 1.54) is 0 Å². The molecule has 0 aromatic rings. The number of carbonyl (C=O) groups is 1. The van der Waals surface area contributed by atoms with Crippen LogP contribution >= 0.6 is 0 Å². The molecule has 1 amide bonds. The normalized spacial score (nSPS) is 33.6. The molecule has 2 rings (SSSR count). The van der Waals surface area contributed by atoms with Crippen LogP contribution < -0.4 is 0 Å². The van der Waals surface area contributed by atoms with E-state index in [1.807, 2.05) is 27.7 Å². The van der Waals surface area contributed by atoms with Crippen molar-refractivity contribution in [1.82, 2.24) is 14.7 Å². The van der Waals surface area contributed by atoms with Gasteiger partial charge in [-0.25, -0.2) is 4.79 Å². The van der Waals surface area contributed by atoms with Crippen molar-refractivity contribution in [2.45, 2.75) is 71.5 Å². The highest BCUT2D eigenvalue weighted by Gasteiger charge is 2.39. The molecule has 0 spiro atoms. The first kappa shape index (κ1) is 10.9. The van der Waals surface area contributed by atoms with Crippen LogP contribution in [0, 0.1) is 0 Å². The summed E-state index contributed by atoms with van der Waals surface area (Å²) in [6.07, 6.45) is 0.508. The zero-order chi connectivity index (χ0) is 21.5. The highest BCUT2D eigenvalue weighted by Crippen LogP contribution is 2.26. The summed E-state index contributed by atoms with van der Waals surface area (Å²) in [5, 5.41) is 0. The Morgan fingerprint density at radius 3 is 2.36 bits per heavy atom.